The molecule has 0 aliphatic heterocycles. The number of carbonyl (C=O) groups excluding carboxylic acids is 1. The molecule has 1 aromatic carbocycles. The molecule has 0 radical (unpaired) electrons. The normalized spacial score (nSPS) is 12.8. The van der Waals surface area contributed by atoms with Crippen molar-refractivity contribution in [2.75, 3.05) is 18.6 Å². The highest BCUT2D eigenvalue weighted by Crippen LogP contribution is 2.14. The van der Waals surface area contributed by atoms with Crippen LogP contribution >= 0.6 is 0 Å². The highest BCUT2D eigenvalue weighted by Gasteiger charge is 2.24. The van der Waals surface area contributed by atoms with Crippen LogP contribution in [0.3, 0.4) is 0 Å². The van der Waals surface area contributed by atoms with Gasteiger partial charge in [-0.05, 0) is 32.0 Å². The SMILES string of the molecule is CCS(=O)(=O)C[C@H](C)N(C)C(=O)c1cc(C)n(-c2ccccc2)n1. The van der Waals surface area contributed by atoms with Gasteiger partial charge in [-0.25, -0.2) is 13.1 Å². The number of sulfone groups is 1. The maximum absolute atomic E-state index is 12.6. The number of amides is 1. The minimum absolute atomic E-state index is 0.0515. The molecule has 24 heavy (non-hydrogen) atoms. The molecule has 0 unspecified atom stereocenters. The molecule has 130 valence electrons. The lowest BCUT2D eigenvalue weighted by Gasteiger charge is -2.23. The molecule has 0 aliphatic rings. The molecule has 0 spiro atoms. The van der Waals surface area contributed by atoms with Gasteiger partial charge < -0.3 is 4.90 Å². The standard InChI is InChI=1S/C17H23N3O3S/c1-5-24(22,23)12-14(3)19(4)17(21)16-11-13(2)20(18-16)15-9-7-6-8-10-15/h6-11,14H,5,12H2,1-4H3/t14-/m0/s1. The van der Waals surface area contributed by atoms with Crippen LogP contribution in [0.1, 0.15) is 30.0 Å². The summed E-state index contributed by atoms with van der Waals surface area (Å²) in [5, 5.41) is 4.38. The lowest BCUT2D eigenvalue weighted by Crippen LogP contribution is -2.40. The Hall–Kier alpha value is -2.15. The van der Waals surface area contributed by atoms with Crippen molar-refractivity contribution in [3.63, 3.8) is 0 Å². The van der Waals surface area contributed by atoms with Crippen molar-refractivity contribution in [2.45, 2.75) is 26.8 Å². The van der Waals surface area contributed by atoms with E-state index in [2.05, 4.69) is 5.10 Å². The number of rotatable bonds is 6. The van der Waals surface area contributed by atoms with Gasteiger partial charge in [0.1, 0.15) is 0 Å². The molecule has 2 rings (SSSR count). The Labute approximate surface area is 143 Å². The van der Waals surface area contributed by atoms with Crippen molar-refractivity contribution in [1.29, 1.82) is 0 Å². The van der Waals surface area contributed by atoms with Crippen LogP contribution in [0.15, 0.2) is 36.4 Å². The van der Waals surface area contributed by atoms with Gasteiger partial charge in [0.05, 0.1) is 11.4 Å². The Morgan fingerprint density at radius 1 is 1.29 bits per heavy atom. The van der Waals surface area contributed by atoms with E-state index in [4.69, 9.17) is 0 Å². The minimum atomic E-state index is -3.14. The smallest absolute Gasteiger partial charge is 0.274 e. The van der Waals surface area contributed by atoms with E-state index in [0.717, 1.165) is 11.4 Å². The number of hydrogen-bond donors (Lipinski definition) is 0. The van der Waals surface area contributed by atoms with Crippen LogP contribution < -0.4 is 0 Å². The van der Waals surface area contributed by atoms with E-state index in [9.17, 15) is 13.2 Å². The molecule has 1 atom stereocenters. The third-order valence-electron chi connectivity index (χ3n) is 4.02. The summed E-state index contributed by atoms with van der Waals surface area (Å²) < 4.78 is 25.2. The topological polar surface area (TPSA) is 72.3 Å². The van der Waals surface area contributed by atoms with Crippen molar-refractivity contribution >= 4 is 15.7 Å². The molecule has 0 bridgehead atoms. The van der Waals surface area contributed by atoms with E-state index < -0.39 is 15.9 Å². The van der Waals surface area contributed by atoms with Gasteiger partial charge >= 0.3 is 0 Å². The Bertz CT molecular complexity index is 813. The monoisotopic (exact) mass is 349 g/mol. The zero-order valence-electron chi connectivity index (χ0n) is 14.4. The first-order valence-electron chi connectivity index (χ1n) is 7.85. The fraction of sp³-hybridized carbons (Fsp3) is 0.412. The molecule has 1 aromatic heterocycles. The van der Waals surface area contributed by atoms with Gasteiger partial charge in [0, 0.05) is 24.5 Å². The molecule has 0 saturated heterocycles. The average Bonchev–Trinajstić information content (AvgIpc) is 2.95. The van der Waals surface area contributed by atoms with Crippen LogP contribution in [-0.2, 0) is 9.84 Å². The van der Waals surface area contributed by atoms with Gasteiger partial charge in [0.15, 0.2) is 15.5 Å². The minimum Gasteiger partial charge on any atom is -0.337 e. The van der Waals surface area contributed by atoms with Gasteiger partial charge in [-0.1, -0.05) is 25.1 Å². The molecule has 1 amide bonds. The van der Waals surface area contributed by atoms with E-state index >= 15 is 0 Å². The van der Waals surface area contributed by atoms with E-state index in [1.54, 1.807) is 31.6 Å². The zero-order valence-corrected chi connectivity index (χ0v) is 15.2. The van der Waals surface area contributed by atoms with Gasteiger partial charge in [-0.2, -0.15) is 5.10 Å². The summed E-state index contributed by atoms with van der Waals surface area (Å²) in [6, 6.07) is 10.8. The third-order valence-corrected chi connectivity index (χ3v) is 5.89. The Kier molecular flexibility index (Phi) is 5.43. The second kappa shape index (κ2) is 7.17. The lowest BCUT2D eigenvalue weighted by molar-refractivity contribution is 0.0750. The van der Waals surface area contributed by atoms with Gasteiger partial charge in [-0.15, -0.1) is 0 Å². The highest BCUT2D eigenvalue weighted by atomic mass is 32.2. The summed E-state index contributed by atoms with van der Waals surface area (Å²) in [4.78, 5) is 14.0. The van der Waals surface area contributed by atoms with Crippen LogP contribution in [0.4, 0.5) is 0 Å². The molecule has 0 fully saturated rings. The summed E-state index contributed by atoms with van der Waals surface area (Å²) in [5.41, 5.74) is 2.02. The van der Waals surface area contributed by atoms with Gasteiger partial charge in [-0.3, -0.25) is 4.79 Å². The molecule has 0 aliphatic carbocycles. The first-order valence-corrected chi connectivity index (χ1v) is 9.67. The van der Waals surface area contributed by atoms with Gasteiger partial charge in [0.2, 0.25) is 0 Å². The first kappa shape index (κ1) is 18.2. The van der Waals surface area contributed by atoms with Crippen LogP contribution in [0.25, 0.3) is 5.69 Å². The number of aryl methyl sites for hydroxylation is 1. The molecular weight excluding hydrogens is 326 g/mol. The third kappa shape index (κ3) is 4.03. The largest absolute Gasteiger partial charge is 0.337 e. The molecule has 0 saturated carbocycles. The quantitative estimate of drug-likeness (QED) is 0.800. The van der Waals surface area contributed by atoms with Gasteiger partial charge in [0.25, 0.3) is 5.91 Å². The fourth-order valence-electron chi connectivity index (χ4n) is 2.39. The Morgan fingerprint density at radius 2 is 1.92 bits per heavy atom. The number of hydrogen-bond acceptors (Lipinski definition) is 4. The van der Waals surface area contributed by atoms with Crippen LogP contribution in [-0.4, -0.2) is 53.6 Å². The van der Waals surface area contributed by atoms with Crippen molar-refractivity contribution in [3.8, 4) is 5.69 Å². The summed E-state index contributed by atoms with van der Waals surface area (Å²) >= 11 is 0. The average molecular weight is 349 g/mol. The Morgan fingerprint density at radius 3 is 2.50 bits per heavy atom. The van der Waals surface area contributed by atoms with E-state index in [-0.39, 0.29) is 17.4 Å². The lowest BCUT2D eigenvalue weighted by atomic mass is 10.3. The number of nitrogens with zero attached hydrogens (tertiary/aromatic N) is 3. The predicted molar refractivity (Wildman–Crippen MR) is 94.2 cm³/mol. The summed E-state index contributed by atoms with van der Waals surface area (Å²) in [7, 11) is -1.54. The molecule has 7 heteroatoms. The maximum atomic E-state index is 12.6. The van der Waals surface area contributed by atoms with E-state index in [0.29, 0.717) is 5.69 Å². The summed E-state index contributed by atoms with van der Waals surface area (Å²) in [6.45, 7) is 5.21. The molecule has 1 heterocycles. The second-order valence-electron chi connectivity index (χ2n) is 5.88. The van der Waals surface area contributed by atoms with E-state index in [1.165, 1.54) is 4.90 Å². The number of aromatic nitrogens is 2. The van der Waals surface area contributed by atoms with Crippen LogP contribution in [0.2, 0.25) is 0 Å². The van der Waals surface area contributed by atoms with Crippen LogP contribution in [0.5, 0.6) is 0 Å². The van der Waals surface area contributed by atoms with E-state index in [1.807, 2.05) is 37.3 Å². The molecule has 0 N–H and O–H groups in total. The second-order valence-corrected chi connectivity index (χ2v) is 8.28. The maximum Gasteiger partial charge on any atom is 0.274 e. The van der Waals surface area contributed by atoms with Crippen molar-refractivity contribution < 1.29 is 13.2 Å². The fourth-order valence-corrected chi connectivity index (χ4v) is 3.58. The Balaban J connectivity index is 2.21. The predicted octanol–water partition coefficient (Wildman–Crippen LogP) is 2.08. The number of benzene rings is 1. The number of carbonyl (C=O) groups is 1. The van der Waals surface area contributed by atoms with Crippen molar-refractivity contribution in [3.05, 3.63) is 47.8 Å². The summed E-state index contributed by atoms with van der Waals surface area (Å²) in [5.74, 6) is -0.266. The molecule has 2 aromatic rings. The van der Waals surface area contributed by atoms with Crippen molar-refractivity contribution in [2.24, 2.45) is 0 Å². The zero-order chi connectivity index (χ0) is 17.9. The van der Waals surface area contributed by atoms with Crippen molar-refractivity contribution in [1.82, 2.24) is 14.7 Å². The molecule has 6 nitrogen and oxygen atoms in total. The summed E-state index contributed by atoms with van der Waals surface area (Å²) in [6.07, 6.45) is 0. The molecular formula is C17H23N3O3S. The number of para-hydroxylation sites is 1. The first-order chi connectivity index (χ1) is 11.2. The highest BCUT2D eigenvalue weighted by molar-refractivity contribution is 7.91. The van der Waals surface area contributed by atoms with Crippen LogP contribution in [0, 0.1) is 6.92 Å².